The van der Waals surface area contributed by atoms with E-state index in [1.54, 1.807) is 0 Å². The van der Waals surface area contributed by atoms with Gasteiger partial charge in [0.25, 0.3) is 0 Å². The van der Waals surface area contributed by atoms with E-state index in [1.165, 1.54) is 55.8 Å². The van der Waals surface area contributed by atoms with Crippen LogP contribution in [0.2, 0.25) is 0 Å². The Labute approximate surface area is 388 Å². The van der Waals surface area contributed by atoms with Crippen LogP contribution in [0.25, 0.3) is 28.0 Å². The lowest BCUT2D eigenvalue weighted by atomic mass is 9.73. The molecule has 66 heavy (non-hydrogen) atoms. The topological polar surface area (TPSA) is 30.3 Å². The van der Waals surface area contributed by atoms with Crippen LogP contribution >= 0.6 is 0 Å². The minimum Gasteiger partial charge on any atom is -0.334 e. The van der Waals surface area contributed by atoms with Gasteiger partial charge in [0.05, 0.1) is 23.1 Å². The Kier molecular flexibility index (Phi) is 9.96. The molecule has 0 bridgehead atoms. The van der Waals surface area contributed by atoms with Crippen LogP contribution in [-0.2, 0) is 10.8 Å². The van der Waals surface area contributed by atoms with Crippen LogP contribution in [0.4, 0.5) is 28.4 Å². The third-order valence-electron chi connectivity index (χ3n) is 14.4. The summed E-state index contributed by atoms with van der Waals surface area (Å²) in [5.41, 5.74) is 16.0. The molecule has 1 aliphatic carbocycles. The first-order chi connectivity index (χ1) is 32.1. The number of rotatable bonds is 6. The Morgan fingerprint density at radius 1 is 0.561 bits per heavy atom. The number of nitrogens with zero attached hydrogens (tertiary/aromatic N) is 2. The molecule has 2 heterocycles. The third kappa shape index (κ3) is 6.60. The molecule has 2 aliphatic heterocycles. The second-order valence-corrected chi connectivity index (χ2v) is 18.9. The summed E-state index contributed by atoms with van der Waals surface area (Å²) >= 11 is 0. The summed E-state index contributed by atoms with van der Waals surface area (Å²) in [6, 6.07) is 65.9. The van der Waals surface area contributed by atoms with Crippen LogP contribution < -0.4 is 20.2 Å². The van der Waals surface area contributed by atoms with E-state index in [0.29, 0.717) is 5.71 Å². The zero-order chi connectivity index (χ0) is 45.2. The molecule has 3 nitrogen and oxygen atoms in total. The SMILES string of the molecule is C=Cc1ccccc1C(=N)C1=c2\ccc(N3c4ccccc4C(C)(C)c4ccccc43)c\c2=C(c2ccc3ccccc3c2)\C=C\CC(N2c3ccccc3C(C)(C)c3ccccc32)\C=C\1. The number of hydrogen-bond acceptors (Lipinski definition) is 3. The monoisotopic (exact) mass is 851 g/mol. The van der Waals surface area contributed by atoms with E-state index in [9.17, 15) is 5.41 Å². The smallest absolute Gasteiger partial charge is 0.0696 e. The van der Waals surface area contributed by atoms with Crippen LogP contribution in [-0.4, -0.2) is 11.8 Å². The molecule has 0 spiro atoms. The first-order valence-electron chi connectivity index (χ1n) is 23.2. The van der Waals surface area contributed by atoms with Gasteiger partial charge in [0.15, 0.2) is 0 Å². The quantitative estimate of drug-likeness (QED) is 0.169. The van der Waals surface area contributed by atoms with Gasteiger partial charge in [0.2, 0.25) is 0 Å². The van der Waals surface area contributed by atoms with Crippen LogP contribution in [0.3, 0.4) is 0 Å². The number of anilines is 5. The fourth-order valence-electron chi connectivity index (χ4n) is 11.0. The summed E-state index contributed by atoms with van der Waals surface area (Å²) in [6.07, 6.45) is 11.9. The number of benzene rings is 8. The van der Waals surface area contributed by atoms with Crippen molar-refractivity contribution in [3.05, 3.63) is 262 Å². The first-order valence-corrected chi connectivity index (χ1v) is 23.2. The molecule has 8 aromatic rings. The molecule has 1 atom stereocenters. The normalized spacial score (nSPS) is 19.3. The van der Waals surface area contributed by atoms with Gasteiger partial charge in [-0.05, 0) is 109 Å². The summed E-state index contributed by atoms with van der Waals surface area (Å²) < 4.78 is 0. The predicted molar refractivity (Wildman–Crippen MR) is 280 cm³/mol. The predicted octanol–water partition coefficient (Wildman–Crippen LogP) is 14.4. The molecule has 0 fully saturated rings. The minimum atomic E-state index is -0.185. The molecule has 8 aromatic carbocycles. The summed E-state index contributed by atoms with van der Waals surface area (Å²) in [5, 5.41) is 14.7. The van der Waals surface area contributed by atoms with E-state index in [0.717, 1.165) is 50.4 Å². The highest BCUT2D eigenvalue weighted by atomic mass is 15.2. The van der Waals surface area contributed by atoms with Crippen LogP contribution in [0.15, 0.2) is 213 Å². The Hall–Kier alpha value is -7.75. The molecule has 0 radical (unpaired) electrons. The van der Waals surface area contributed by atoms with Crippen molar-refractivity contribution in [2.45, 2.75) is 51.0 Å². The summed E-state index contributed by atoms with van der Waals surface area (Å²) in [5.74, 6) is 0. The van der Waals surface area contributed by atoms with E-state index in [1.807, 2.05) is 18.2 Å². The Morgan fingerprint density at radius 3 is 1.74 bits per heavy atom. The molecule has 0 saturated carbocycles. The van der Waals surface area contributed by atoms with Gasteiger partial charge < -0.3 is 9.80 Å². The maximum Gasteiger partial charge on any atom is 0.0696 e. The van der Waals surface area contributed by atoms with Crippen molar-refractivity contribution >= 4 is 62.1 Å². The lowest BCUT2D eigenvalue weighted by molar-refractivity contribution is 0.614. The van der Waals surface area contributed by atoms with E-state index < -0.39 is 0 Å². The lowest BCUT2D eigenvalue weighted by Crippen LogP contribution is -2.38. The number of allylic oxidation sites excluding steroid dienone is 2. The van der Waals surface area contributed by atoms with Gasteiger partial charge in [-0.25, -0.2) is 0 Å². The zero-order valence-corrected chi connectivity index (χ0v) is 38.1. The molecular weight excluding hydrogens is 799 g/mol. The van der Waals surface area contributed by atoms with Crippen molar-refractivity contribution in [3.63, 3.8) is 0 Å². The first kappa shape index (κ1) is 41.0. The Morgan fingerprint density at radius 2 is 1.11 bits per heavy atom. The molecule has 3 heteroatoms. The Balaban J connectivity index is 1.22. The molecule has 320 valence electrons. The van der Waals surface area contributed by atoms with Crippen molar-refractivity contribution < 1.29 is 0 Å². The van der Waals surface area contributed by atoms with E-state index in [2.05, 4.69) is 238 Å². The Bertz CT molecular complexity index is 3370. The molecule has 1 unspecified atom stereocenters. The van der Waals surface area contributed by atoms with Crippen LogP contribution in [0, 0.1) is 5.41 Å². The molecule has 1 N–H and O–H groups in total. The minimum absolute atomic E-state index is 0.0690. The number of hydrogen-bond donors (Lipinski definition) is 1. The molecular formula is C63H53N3. The van der Waals surface area contributed by atoms with Crippen LogP contribution in [0.1, 0.15) is 73.1 Å². The summed E-state index contributed by atoms with van der Waals surface area (Å²) in [6.45, 7) is 13.5. The van der Waals surface area contributed by atoms with E-state index in [4.69, 9.17) is 0 Å². The van der Waals surface area contributed by atoms with Crippen LogP contribution in [0.5, 0.6) is 0 Å². The van der Waals surface area contributed by atoms with Gasteiger partial charge >= 0.3 is 0 Å². The van der Waals surface area contributed by atoms with Crippen molar-refractivity contribution in [1.82, 2.24) is 0 Å². The summed E-state index contributed by atoms with van der Waals surface area (Å²) in [4.78, 5) is 4.97. The van der Waals surface area contributed by atoms with Gasteiger partial charge in [-0.2, -0.15) is 0 Å². The maximum absolute atomic E-state index is 10.3. The van der Waals surface area contributed by atoms with Crippen molar-refractivity contribution in [2.75, 3.05) is 9.80 Å². The van der Waals surface area contributed by atoms with Crippen molar-refractivity contribution in [1.29, 1.82) is 5.41 Å². The van der Waals surface area contributed by atoms with Gasteiger partial charge in [0, 0.05) is 39.0 Å². The van der Waals surface area contributed by atoms with Gasteiger partial charge in [-0.1, -0.05) is 204 Å². The number of fused-ring (bicyclic) bond motifs is 6. The third-order valence-corrected chi connectivity index (χ3v) is 14.4. The highest BCUT2D eigenvalue weighted by Crippen LogP contribution is 2.52. The summed E-state index contributed by atoms with van der Waals surface area (Å²) in [7, 11) is 0. The van der Waals surface area contributed by atoms with E-state index in [-0.39, 0.29) is 16.9 Å². The highest BCUT2D eigenvalue weighted by Gasteiger charge is 2.39. The molecule has 0 amide bonds. The molecule has 11 rings (SSSR count). The van der Waals surface area contributed by atoms with Crippen molar-refractivity contribution in [3.8, 4) is 0 Å². The molecule has 0 aromatic heterocycles. The zero-order valence-electron chi connectivity index (χ0n) is 38.1. The average molecular weight is 852 g/mol. The van der Waals surface area contributed by atoms with Gasteiger partial charge in [-0.3, -0.25) is 5.41 Å². The van der Waals surface area contributed by atoms with Gasteiger partial charge in [-0.15, -0.1) is 0 Å². The van der Waals surface area contributed by atoms with Crippen molar-refractivity contribution in [2.24, 2.45) is 0 Å². The second kappa shape index (κ2) is 16.0. The standard InChI is InChI=1S/C63H53N3/c1-6-42-20-9-10-24-49(42)61(64)51-39-36-46(65-57-30-15-11-26-53(57)62(2,3)54-27-12-16-31-58(54)65)23-19-25-48(45-35-34-43-21-7-8-22-44(43)40-45)52-41-47(37-38-50(51)52)66-59-32-17-13-28-55(59)63(4,5)56-29-14-18-33-60(56)66/h6-22,24-41,46,64H,1,23H2,2-5H3/b25-19+,39-36+,51-50+,52-48+,64-61?. The lowest BCUT2D eigenvalue weighted by Gasteiger charge is -2.44. The highest BCUT2D eigenvalue weighted by molar-refractivity contribution is 6.29. The van der Waals surface area contributed by atoms with Gasteiger partial charge in [0.1, 0.15) is 0 Å². The second-order valence-electron chi connectivity index (χ2n) is 18.9. The average Bonchev–Trinajstić information content (AvgIpc) is 3.35. The molecule has 3 aliphatic rings. The largest absolute Gasteiger partial charge is 0.334 e. The number of para-hydroxylation sites is 4. The fourth-order valence-corrected chi connectivity index (χ4v) is 11.0. The fraction of sp³-hybridized carbons (Fsp3) is 0.127. The molecule has 0 saturated heterocycles. The maximum atomic E-state index is 10.3. The van der Waals surface area contributed by atoms with E-state index >= 15 is 0 Å². The number of nitrogens with one attached hydrogen (secondary N) is 1.